The van der Waals surface area contributed by atoms with Crippen LogP contribution >= 0.6 is 0 Å². The molecule has 0 N–H and O–H groups in total. The number of likely N-dealkylation sites (N-methyl/N-ethyl adjacent to an activating group) is 1. The van der Waals surface area contributed by atoms with Crippen molar-refractivity contribution in [3.8, 4) is 11.5 Å². The summed E-state index contributed by atoms with van der Waals surface area (Å²) in [5.41, 5.74) is 2.71. The average Bonchev–Trinajstić information content (AvgIpc) is 3.45. The first-order chi connectivity index (χ1) is 14.0. The van der Waals surface area contributed by atoms with Gasteiger partial charge in [-0.1, -0.05) is 13.0 Å². The minimum atomic E-state index is -0.271. The highest BCUT2D eigenvalue weighted by molar-refractivity contribution is 6.02. The molecule has 0 fully saturated rings. The number of ether oxygens (including phenoxy) is 2. The quantitative estimate of drug-likeness (QED) is 0.777. The van der Waals surface area contributed by atoms with Crippen molar-refractivity contribution in [3.63, 3.8) is 0 Å². The van der Waals surface area contributed by atoms with Gasteiger partial charge in [-0.3, -0.25) is 9.59 Å². The third-order valence-corrected chi connectivity index (χ3v) is 5.29. The van der Waals surface area contributed by atoms with Crippen molar-refractivity contribution in [1.29, 1.82) is 0 Å². The van der Waals surface area contributed by atoms with Gasteiger partial charge in [0, 0.05) is 33.1 Å². The predicted octanol–water partition coefficient (Wildman–Crippen LogP) is 2.30. The van der Waals surface area contributed by atoms with Crippen LogP contribution in [0.15, 0.2) is 41.6 Å². The molecule has 0 saturated heterocycles. The minimum Gasteiger partial charge on any atom is -0.454 e. The van der Waals surface area contributed by atoms with Crippen LogP contribution in [0.3, 0.4) is 0 Å². The summed E-state index contributed by atoms with van der Waals surface area (Å²) in [6.07, 6.45) is 2.88. The SMILES string of the molecule is CCC(=O)N(C)CC(=O)N1N=C(c2cccn2C)CC1c1ccc2c(c1)OCO2. The van der Waals surface area contributed by atoms with Crippen molar-refractivity contribution < 1.29 is 19.1 Å². The molecular formula is C21H24N4O4. The number of amides is 2. The molecule has 1 atom stereocenters. The lowest BCUT2D eigenvalue weighted by Crippen LogP contribution is -2.38. The molecule has 1 aromatic carbocycles. The van der Waals surface area contributed by atoms with Gasteiger partial charge >= 0.3 is 0 Å². The molecule has 2 aliphatic heterocycles. The molecular weight excluding hydrogens is 372 g/mol. The summed E-state index contributed by atoms with van der Waals surface area (Å²) in [7, 11) is 3.59. The number of hydrazone groups is 1. The molecule has 0 spiro atoms. The summed E-state index contributed by atoms with van der Waals surface area (Å²) in [6, 6.07) is 9.35. The Bertz CT molecular complexity index is 981. The lowest BCUT2D eigenvalue weighted by Gasteiger charge is -2.25. The molecule has 0 saturated carbocycles. The van der Waals surface area contributed by atoms with E-state index in [4.69, 9.17) is 9.47 Å². The van der Waals surface area contributed by atoms with Gasteiger partial charge in [-0.2, -0.15) is 5.10 Å². The fourth-order valence-electron chi connectivity index (χ4n) is 3.67. The largest absolute Gasteiger partial charge is 0.454 e. The number of aryl methyl sites for hydroxylation is 1. The van der Waals surface area contributed by atoms with Crippen molar-refractivity contribution in [3.05, 3.63) is 47.8 Å². The number of rotatable bonds is 5. The van der Waals surface area contributed by atoms with E-state index in [1.807, 2.05) is 48.1 Å². The minimum absolute atomic E-state index is 0.0162. The number of hydrogen-bond donors (Lipinski definition) is 0. The average molecular weight is 396 g/mol. The summed E-state index contributed by atoms with van der Waals surface area (Å²) in [5, 5.41) is 6.15. The predicted molar refractivity (Wildman–Crippen MR) is 107 cm³/mol. The summed E-state index contributed by atoms with van der Waals surface area (Å²) in [4.78, 5) is 26.4. The van der Waals surface area contributed by atoms with Gasteiger partial charge in [-0.15, -0.1) is 0 Å². The monoisotopic (exact) mass is 396 g/mol. The van der Waals surface area contributed by atoms with Crippen LogP contribution in [0.2, 0.25) is 0 Å². The Morgan fingerprint density at radius 1 is 1.24 bits per heavy atom. The van der Waals surface area contributed by atoms with Crippen LogP contribution in [0.5, 0.6) is 11.5 Å². The molecule has 0 bridgehead atoms. The lowest BCUT2D eigenvalue weighted by molar-refractivity contribution is -0.140. The van der Waals surface area contributed by atoms with E-state index >= 15 is 0 Å². The molecule has 2 aromatic rings. The Kier molecular flexibility index (Phi) is 5.00. The molecule has 0 radical (unpaired) electrons. The number of carbonyl (C=O) groups excluding carboxylic acids is 2. The molecule has 8 heteroatoms. The maximum Gasteiger partial charge on any atom is 0.262 e. The van der Waals surface area contributed by atoms with Gasteiger partial charge < -0.3 is 18.9 Å². The Morgan fingerprint density at radius 2 is 2.03 bits per heavy atom. The summed E-state index contributed by atoms with van der Waals surface area (Å²) in [6.45, 7) is 1.96. The smallest absolute Gasteiger partial charge is 0.262 e. The maximum atomic E-state index is 13.1. The van der Waals surface area contributed by atoms with E-state index in [0.29, 0.717) is 24.3 Å². The van der Waals surface area contributed by atoms with Crippen molar-refractivity contribution >= 4 is 17.5 Å². The van der Waals surface area contributed by atoms with Gasteiger partial charge in [0.05, 0.1) is 17.4 Å². The topological polar surface area (TPSA) is 76.4 Å². The van der Waals surface area contributed by atoms with Gasteiger partial charge in [0.2, 0.25) is 12.7 Å². The van der Waals surface area contributed by atoms with Crippen molar-refractivity contribution in [1.82, 2.24) is 14.5 Å². The molecule has 29 heavy (non-hydrogen) atoms. The highest BCUT2D eigenvalue weighted by Crippen LogP contribution is 2.39. The van der Waals surface area contributed by atoms with Crippen LogP contribution in [-0.2, 0) is 16.6 Å². The first kappa shape index (κ1) is 19.0. The molecule has 2 aliphatic rings. The van der Waals surface area contributed by atoms with Gasteiger partial charge in [-0.25, -0.2) is 5.01 Å². The molecule has 8 nitrogen and oxygen atoms in total. The van der Waals surface area contributed by atoms with E-state index in [0.717, 1.165) is 17.0 Å². The second kappa shape index (κ2) is 7.62. The Balaban J connectivity index is 1.64. The van der Waals surface area contributed by atoms with Crippen LogP contribution in [0, 0.1) is 0 Å². The third-order valence-electron chi connectivity index (χ3n) is 5.29. The highest BCUT2D eigenvalue weighted by Gasteiger charge is 2.35. The molecule has 1 aromatic heterocycles. The van der Waals surface area contributed by atoms with E-state index in [-0.39, 0.29) is 31.2 Å². The number of fused-ring (bicyclic) bond motifs is 1. The zero-order chi connectivity index (χ0) is 20.5. The van der Waals surface area contributed by atoms with E-state index in [1.165, 1.54) is 9.91 Å². The molecule has 152 valence electrons. The maximum absolute atomic E-state index is 13.1. The fraction of sp³-hybridized carbons (Fsp3) is 0.381. The van der Waals surface area contributed by atoms with E-state index in [1.54, 1.807) is 14.0 Å². The van der Waals surface area contributed by atoms with Crippen LogP contribution < -0.4 is 9.47 Å². The lowest BCUT2D eigenvalue weighted by atomic mass is 10.00. The van der Waals surface area contributed by atoms with E-state index in [2.05, 4.69) is 5.10 Å². The molecule has 3 heterocycles. The Morgan fingerprint density at radius 3 is 2.76 bits per heavy atom. The molecule has 4 rings (SSSR count). The highest BCUT2D eigenvalue weighted by atomic mass is 16.7. The van der Waals surface area contributed by atoms with Crippen LogP contribution in [0.25, 0.3) is 0 Å². The van der Waals surface area contributed by atoms with Gasteiger partial charge in [0.25, 0.3) is 5.91 Å². The zero-order valence-electron chi connectivity index (χ0n) is 16.8. The normalized spacial score (nSPS) is 17.4. The Hall–Kier alpha value is -3.29. The standard InChI is InChI=1S/C21H24N4O4/c1-4-20(26)24(3)12-21(27)25-17(11-15(22-25)16-6-5-9-23(16)2)14-7-8-18-19(10-14)29-13-28-18/h5-10,17H,4,11-13H2,1-3H3. The second-order valence-corrected chi connectivity index (χ2v) is 7.23. The molecule has 0 aliphatic carbocycles. The van der Waals surface area contributed by atoms with Gasteiger partial charge in [-0.05, 0) is 29.8 Å². The van der Waals surface area contributed by atoms with Crippen LogP contribution in [0.1, 0.15) is 37.1 Å². The number of carbonyl (C=O) groups is 2. The second-order valence-electron chi connectivity index (χ2n) is 7.23. The van der Waals surface area contributed by atoms with Crippen molar-refractivity contribution in [2.45, 2.75) is 25.8 Å². The number of nitrogens with zero attached hydrogens (tertiary/aromatic N) is 4. The summed E-state index contributed by atoms with van der Waals surface area (Å²) < 4.78 is 12.9. The first-order valence-corrected chi connectivity index (χ1v) is 9.62. The molecule has 2 amide bonds. The van der Waals surface area contributed by atoms with Crippen molar-refractivity contribution in [2.75, 3.05) is 20.4 Å². The number of benzene rings is 1. The first-order valence-electron chi connectivity index (χ1n) is 9.62. The van der Waals surface area contributed by atoms with Crippen molar-refractivity contribution in [2.24, 2.45) is 12.1 Å². The molecule has 1 unspecified atom stereocenters. The summed E-state index contributed by atoms with van der Waals surface area (Å²) >= 11 is 0. The summed E-state index contributed by atoms with van der Waals surface area (Å²) in [5.74, 6) is 1.06. The van der Waals surface area contributed by atoms with Crippen LogP contribution in [-0.4, -0.2) is 52.4 Å². The Labute approximate surface area is 169 Å². The fourth-order valence-corrected chi connectivity index (χ4v) is 3.67. The van der Waals surface area contributed by atoms with E-state index in [9.17, 15) is 9.59 Å². The van der Waals surface area contributed by atoms with E-state index < -0.39 is 0 Å². The number of hydrogen-bond acceptors (Lipinski definition) is 5. The number of aromatic nitrogens is 1. The third kappa shape index (κ3) is 3.57. The van der Waals surface area contributed by atoms with Gasteiger partial charge in [0.15, 0.2) is 11.5 Å². The van der Waals surface area contributed by atoms with Crippen LogP contribution in [0.4, 0.5) is 0 Å². The van der Waals surface area contributed by atoms with Gasteiger partial charge in [0.1, 0.15) is 6.54 Å². The zero-order valence-corrected chi connectivity index (χ0v) is 16.8.